The molecule has 0 saturated carbocycles. The maximum absolute atomic E-state index is 12.3. The van der Waals surface area contributed by atoms with Crippen molar-refractivity contribution in [2.75, 3.05) is 25.6 Å². The summed E-state index contributed by atoms with van der Waals surface area (Å²) in [4.78, 5) is 12.3. The molecule has 1 atom stereocenters. The van der Waals surface area contributed by atoms with Crippen molar-refractivity contribution in [3.8, 4) is 23.0 Å². The Morgan fingerprint density at radius 1 is 1.18 bits per heavy atom. The van der Waals surface area contributed by atoms with Crippen molar-refractivity contribution in [2.24, 2.45) is 0 Å². The first-order valence-electron chi connectivity index (χ1n) is 9.62. The summed E-state index contributed by atoms with van der Waals surface area (Å²) in [6.45, 7) is 4.95. The van der Waals surface area contributed by atoms with Gasteiger partial charge in [-0.3, -0.25) is 4.79 Å². The van der Waals surface area contributed by atoms with Crippen molar-refractivity contribution >= 4 is 11.6 Å². The predicted molar refractivity (Wildman–Crippen MR) is 108 cm³/mol. The second-order valence-corrected chi connectivity index (χ2v) is 6.70. The van der Waals surface area contributed by atoms with Crippen molar-refractivity contribution in [3.05, 3.63) is 42.0 Å². The third-order valence-corrected chi connectivity index (χ3v) is 4.45. The lowest BCUT2D eigenvalue weighted by Gasteiger charge is -2.13. The molecule has 0 bridgehead atoms. The quantitative estimate of drug-likeness (QED) is 0.655. The third-order valence-electron chi connectivity index (χ3n) is 4.45. The molecule has 6 nitrogen and oxygen atoms in total. The number of anilines is 1. The Morgan fingerprint density at radius 3 is 2.64 bits per heavy atom. The van der Waals surface area contributed by atoms with E-state index in [1.807, 2.05) is 50.2 Å². The highest BCUT2D eigenvalue weighted by Crippen LogP contribution is 2.38. The van der Waals surface area contributed by atoms with Crippen molar-refractivity contribution in [3.63, 3.8) is 0 Å². The van der Waals surface area contributed by atoms with Gasteiger partial charge in [0.15, 0.2) is 0 Å². The molecule has 0 radical (unpaired) electrons. The van der Waals surface area contributed by atoms with Gasteiger partial charge in [-0.2, -0.15) is 0 Å². The second-order valence-electron chi connectivity index (χ2n) is 6.70. The molecule has 1 aliphatic rings. The lowest BCUT2D eigenvalue weighted by Crippen LogP contribution is -2.14. The molecule has 6 heteroatoms. The largest absolute Gasteiger partial charge is 0.497 e. The number of rotatable bonds is 9. The number of methoxy groups -OCH3 is 1. The first-order valence-corrected chi connectivity index (χ1v) is 9.62. The number of benzene rings is 2. The van der Waals surface area contributed by atoms with Crippen molar-refractivity contribution < 1.29 is 23.7 Å². The second kappa shape index (κ2) is 9.35. The van der Waals surface area contributed by atoms with Gasteiger partial charge >= 0.3 is 0 Å². The van der Waals surface area contributed by atoms with Crippen molar-refractivity contribution in [1.82, 2.24) is 0 Å². The zero-order valence-corrected chi connectivity index (χ0v) is 16.6. The molecule has 0 saturated heterocycles. The van der Waals surface area contributed by atoms with E-state index in [1.165, 1.54) is 0 Å². The Kier molecular flexibility index (Phi) is 6.63. The van der Waals surface area contributed by atoms with E-state index >= 15 is 0 Å². The molecular formula is C22H27NO5. The van der Waals surface area contributed by atoms with Gasteiger partial charge in [-0.05, 0) is 50.6 Å². The molecule has 0 aliphatic carbocycles. The first-order chi connectivity index (χ1) is 13.6. The Balaban J connectivity index is 1.50. The SMILES string of the molecule is CCOc1cc2c(cc1NC(=O)CCCOc1ccc(OC)cc1)OC(C)C2. The summed E-state index contributed by atoms with van der Waals surface area (Å²) in [7, 11) is 1.62. The van der Waals surface area contributed by atoms with E-state index in [0.717, 1.165) is 29.2 Å². The number of hydrogen-bond acceptors (Lipinski definition) is 5. The van der Waals surface area contributed by atoms with Gasteiger partial charge in [0, 0.05) is 24.5 Å². The van der Waals surface area contributed by atoms with Crippen LogP contribution in [0.5, 0.6) is 23.0 Å². The van der Waals surface area contributed by atoms with E-state index < -0.39 is 0 Å². The fourth-order valence-corrected chi connectivity index (χ4v) is 3.12. The summed E-state index contributed by atoms with van der Waals surface area (Å²) in [5.74, 6) is 2.95. The lowest BCUT2D eigenvalue weighted by molar-refractivity contribution is -0.116. The van der Waals surface area contributed by atoms with Crippen LogP contribution < -0.4 is 24.3 Å². The summed E-state index contributed by atoms with van der Waals surface area (Å²) in [5, 5.41) is 2.94. The number of fused-ring (bicyclic) bond motifs is 1. The Hall–Kier alpha value is -2.89. The average Bonchev–Trinajstić information content (AvgIpc) is 3.05. The molecule has 1 unspecified atom stereocenters. The Morgan fingerprint density at radius 2 is 1.93 bits per heavy atom. The summed E-state index contributed by atoms with van der Waals surface area (Å²) >= 11 is 0. The third kappa shape index (κ3) is 5.09. The van der Waals surface area contributed by atoms with Crippen LogP contribution >= 0.6 is 0 Å². The van der Waals surface area contributed by atoms with E-state index in [4.69, 9.17) is 18.9 Å². The maximum Gasteiger partial charge on any atom is 0.224 e. The normalized spacial score (nSPS) is 14.8. The van der Waals surface area contributed by atoms with Gasteiger partial charge in [0.05, 0.1) is 26.0 Å². The van der Waals surface area contributed by atoms with E-state index in [1.54, 1.807) is 7.11 Å². The minimum Gasteiger partial charge on any atom is -0.497 e. The van der Waals surface area contributed by atoms with E-state index in [2.05, 4.69) is 5.32 Å². The smallest absolute Gasteiger partial charge is 0.224 e. The molecule has 1 N–H and O–H groups in total. The van der Waals surface area contributed by atoms with Gasteiger partial charge < -0.3 is 24.3 Å². The van der Waals surface area contributed by atoms with Crippen LogP contribution in [-0.4, -0.2) is 32.3 Å². The molecule has 0 fully saturated rings. The minimum absolute atomic E-state index is 0.0784. The van der Waals surface area contributed by atoms with Crippen molar-refractivity contribution in [2.45, 2.75) is 39.2 Å². The molecule has 1 heterocycles. The molecule has 0 aromatic heterocycles. The highest BCUT2D eigenvalue weighted by Gasteiger charge is 2.22. The summed E-state index contributed by atoms with van der Waals surface area (Å²) in [6.07, 6.45) is 1.97. The number of carbonyl (C=O) groups is 1. The first kappa shape index (κ1) is 19.9. The standard InChI is InChI=1S/C22H27NO5/c1-4-26-21-13-16-12-15(2)28-20(16)14-19(21)23-22(24)6-5-11-27-18-9-7-17(25-3)8-10-18/h7-10,13-15H,4-6,11-12H2,1-3H3,(H,23,24). The van der Waals surface area contributed by atoms with Crippen LogP contribution in [0, 0.1) is 0 Å². The number of ether oxygens (including phenoxy) is 4. The highest BCUT2D eigenvalue weighted by atomic mass is 16.5. The monoisotopic (exact) mass is 385 g/mol. The summed E-state index contributed by atoms with van der Waals surface area (Å²) in [6, 6.07) is 11.2. The van der Waals surface area contributed by atoms with Crippen LogP contribution in [0.4, 0.5) is 5.69 Å². The Labute approximate surface area is 165 Å². The summed E-state index contributed by atoms with van der Waals surface area (Å²) in [5.41, 5.74) is 1.76. The molecule has 3 rings (SSSR count). The van der Waals surface area contributed by atoms with Crippen LogP contribution in [0.3, 0.4) is 0 Å². The van der Waals surface area contributed by atoms with E-state index in [9.17, 15) is 4.79 Å². The molecule has 1 amide bonds. The van der Waals surface area contributed by atoms with Crippen molar-refractivity contribution in [1.29, 1.82) is 0 Å². The van der Waals surface area contributed by atoms with Crippen LogP contribution in [0.15, 0.2) is 36.4 Å². The zero-order chi connectivity index (χ0) is 19.9. The minimum atomic E-state index is -0.0784. The molecular weight excluding hydrogens is 358 g/mol. The van der Waals surface area contributed by atoms with Crippen LogP contribution in [0.1, 0.15) is 32.3 Å². The number of carbonyl (C=O) groups excluding carboxylic acids is 1. The van der Waals surface area contributed by atoms with E-state index in [0.29, 0.717) is 37.5 Å². The highest BCUT2D eigenvalue weighted by molar-refractivity contribution is 5.92. The maximum atomic E-state index is 12.3. The van der Waals surface area contributed by atoms with Crippen LogP contribution in [0.2, 0.25) is 0 Å². The molecule has 0 spiro atoms. The predicted octanol–water partition coefficient (Wildman–Crippen LogP) is 4.22. The summed E-state index contributed by atoms with van der Waals surface area (Å²) < 4.78 is 22.3. The van der Waals surface area contributed by atoms with Gasteiger partial charge in [-0.15, -0.1) is 0 Å². The molecule has 150 valence electrons. The van der Waals surface area contributed by atoms with Gasteiger partial charge in [0.1, 0.15) is 29.1 Å². The van der Waals surface area contributed by atoms with Crippen LogP contribution in [-0.2, 0) is 11.2 Å². The van der Waals surface area contributed by atoms with Gasteiger partial charge in [0.25, 0.3) is 0 Å². The van der Waals surface area contributed by atoms with E-state index in [-0.39, 0.29) is 12.0 Å². The van der Waals surface area contributed by atoms with Gasteiger partial charge in [0.2, 0.25) is 5.91 Å². The lowest BCUT2D eigenvalue weighted by atomic mass is 10.1. The number of amides is 1. The molecule has 1 aliphatic heterocycles. The molecule has 2 aromatic carbocycles. The zero-order valence-electron chi connectivity index (χ0n) is 16.6. The Bertz CT molecular complexity index is 803. The molecule has 28 heavy (non-hydrogen) atoms. The fourth-order valence-electron chi connectivity index (χ4n) is 3.12. The fraction of sp³-hybridized carbons (Fsp3) is 0.409. The molecule has 2 aromatic rings. The van der Waals surface area contributed by atoms with Crippen LogP contribution in [0.25, 0.3) is 0 Å². The van der Waals surface area contributed by atoms with Gasteiger partial charge in [-0.1, -0.05) is 0 Å². The number of nitrogens with one attached hydrogen (secondary N) is 1. The van der Waals surface area contributed by atoms with Gasteiger partial charge in [-0.25, -0.2) is 0 Å². The topological polar surface area (TPSA) is 66.0 Å². The number of hydrogen-bond donors (Lipinski definition) is 1. The average molecular weight is 385 g/mol.